The van der Waals surface area contributed by atoms with E-state index in [9.17, 15) is 4.79 Å². The average Bonchev–Trinajstić information content (AvgIpc) is 2.54. The first-order valence-corrected chi connectivity index (χ1v) is 7.87. The van der Waals surface area contributed by atoms with Gasteiger partial charge in [-0.25, -0.2) is 9.97 Å². The molecule has 0 aliphatic rings. The third-order valence-electron chi connectivity index (χ3n) is 3.27. The molecule has 2 rings (SSSR count). The van der Waals surface area contributed by atoms with E-state index in [0.29, 0.717) is 17.1 Å². The summed E-state index contributed by atoms with van der Waals surface area (Å²) in [7, 11) is 1.79. The molecule has 0 spiro atoms. The molecule has 0 saturated heterocycles. The maximum Gasteiger partial charge on any atom is 0.256 e. The molecule has 2 heterocycles. The summed E-state index contributed by atoms with van der Waals surface area (Å²) in [5.41, 5.74) is 1.47. The van der Waals surface area contributed by atoms with Gasteiger partial charge in [-0.2, -0.15) is 0 Å². The van der Waals surface area contributed by atoms with E-state index < -0.39 is 0 Å². The van der Waals surface area contributed by atoms with Crippen LogP contribution in [-0.2, 0) is 6.42 Å². The molecular formula is C15H18N4OS. The Morgan fingerprint density at radius 1 is 1.29 bits per heavy atom. The molecule has 0 aliphatic carbocycles. The number of amides is 1. The zero-order valence-electron chi connectivity index (χ0n) is 12.4. The summed E-state index contributed by atoms with van der Waals surface area (Å²) in [5.74, 6) is -0.0777. The van der Waals surface area contributed by atoms with Gasteiger partial charge in [0.15, 0.2) is 5.16 Å². The van der Waals surface area contributed by atoms with Crippen LogP contribution in [0.5, 0.6) is 0 Å². The summed E-state index contributed by atoms with van der Waals surface area (Å²) in [6.07, 6.45) is 7.53. The van der Waals surface area contributed by atoms with Crippen LogP contribution in [0.4, 0.5) is 0 Å². The largest absolute Gasteiger partial charge is 0.339 e. The highest BCUT2D eigenvalue weighted by Gasteiger charge is 2.18. The molecule has 0 unspecified atom stereocenters. The second-order valence-corrected chi connectivity index (χ2v) is 5.52. The second kappa shape index (κ2) is 7.17. The van der Waals surface area contributed by atoms with E-state index >= 15 is 0 Å². The smallest absolute Gasteiger partial charge is 0.256 e. The number of hydrogen-bond donors (Lipinski definition) is 0. The molecule has 1 atom stereocenters. The quantitative estimate of drug-likeness (QED) is 0.626. The van der Waals surface area contributed by atoms with Crippen molar-refractivity contribution in [1.82, 2.24) is 19.9 Å². The van der Waals surface area contributed by atoms with Crippen LogP contribution in [0.3, 0.4) is 0 Å². The highest BCUT2D eigenvalue weighted by atomic mass is 32.2. The maximum atomic E-state index is 12.4. The van der Waals surface area contributed by atoms with Gasteiger partial charge >= 0.3 is 0 Å². The zero-order valence-corrected chi connectivity index (χ0v) is 13.2. The Morgan fingerprint density at radius 2 is 2.00 bits per heavy atom. The number of hydrogen-bond acceptors (Lipinski definition) is 5. The van der Waals surface area contributed by atoms with Gasteiger partial charge in [0.25, 0.3) is 5.91 Å². The van der Waals surface area contributed by atoms with Gasteiger partial charge in [-0.1, -0.05) is 17.8 Å². The van der Waals surface area contributed by atoms with Crippen molar-refractivity contribution in [1.29, 1.82) is 0 Å². The lowest BCUT2D eigenvalue weighted by Crippen LogP contribution is -2.36. The summed E-state index contributed by atoms with van der Waals surface area (Å²) in [6, 6.07) is 5.85. The summed E-state index contributed by atoms with van der Waals surface area (Å²) in [4.78, 5) is 26.7. The molecule has 110 valence electrons. The van der Waals surface area contributed by atoms with Gasteiger partial charge in [0.1, 0.15) is 0 Å². The van der Waals surface area contributed by atoms with Crippen LogP contribution in [0, 0.1) is 0 Å². The monoisotopic (exact) mass is 302 g/mol. The molecule has 0 saturated carbocycles. The van der Waals surface area contributed by atoms with Crippen LogP contribution in [0.1, 0.15) is 23.0 Å². The minimum absolute atomic E-state index is 0.0487. The first-order chi connectivity index (χ1) is 10.1. The van der Waals surface area contributed by atoms with Crippen molar-refractivity contribution in [2.75, 3.05) is 13.3 Å². The number of nitrogens with zero attached hydrogens (tertiary/aromatic N) is 4. The second-order valence-electron chi connectivity index (χ2n) is 4.75. The van der Waals surface area contributed by atoms with Gasteiger partial charge < -0.3 is 4.90 Å². The number of pyridine rings is 1. The molecule has 0 aromatic carbocycles. The average molecular weight is 302 g/mol. The Hall–Kier alpha value is -1.95. The van der Waals surface area contributed by atoms with E-state index in [4.69, 9.17) is 0 Å². The van der Waals surface area contributed by atoms with Gasteiger partial charge in [-0.3, -0.25) is 9.78 Å². The van der Waals surface area contributed by atoms with E-state index in [-0.39, 0.29) is 11.9 Å². The van der Waals surface area contributed by atoms with Crippen molar-refractivity contribution >= 4 is 17.7 Å². The Bertz CT molecular complexity index is 588. The first kappa shape index (κ1) is 15.4. The van der Waals surface area contributed by atoms with E-state index in [0.717, 1.165) is 5.69 Å². The van der Waals surface area contributed by atoms with E-state index in [1.54, 1.807) is 30.5 Å². The SMILES string of the molecule is CSc1ncc(C(=O)N(C)[C@@H](C)Cc2ccccn2)cn1. The molecule has 5 nitrogen and oxygen atoms in total. The highest BCUT2D eigenvalue weighted by molar-refractivity contribution is 7.98. The topological polar surface area (TPSA) is 59.0 Å². The van der Waals surface area contributed by atoms with Crippen LogP contribution in [0.2, 0.25) is 0 Å². The van der Waals surface area contributed by atoms with Crippen LogP contribution in [0.25, 0.3) is 0 Å². The molecule has 1 amide bonds. The molecule has 0 radical (unpaired) electrons. The summed E-state index contributed by atoms with van der Waals surface area (Å²) in [5, 5.41) is 0.663. The molecule has 0 fully saturated rings. The molecule has 0 aliphatic heterocycles. The molecule has 0 bridgehead atoms. The fourth-order valence-corrected chi connectivity index (χ4v) is 2.21. The third-order valence-corrected chi connectivity index (χ3v) is 3.85. The fraction of sp³-hybridized carbons (Fsp3) is 0.333. The van der Waals surface area contributed by atoms with Crippen molar-refractivity contribution in [2.45, 2.75) is 24.5 Å². The van der Waals surface area contributed by atoms with E-state index in [1.807, 2.05) is 31.4 Å². The first-order valence-electron chi connectivity index (χ1n) is 6.65. The number of carbonyl (C=O) groups excluding carboxylic acids is 1. The van der Waals surface area contributed by atoms with Gasteiger partial charge in [0.2, 0.25) is 0 Å². The van der Waals surface area contributed by atoms with Crippen molar-refractivity contribution in [2.24, 2.45) is 0 Å². The minimum Gasteiger partial charge on any atom is -0.339 e. The van der Waals surface area contributed by atoms with Gasteiger partial charge in [0, 0.05) is 43.8 Å². The number of rotatable bonds is 5. The third kappa shape index (κ3) is 4.01. The Labute approximate surface area is 128 Å². The molecule has 2 aromatic rings. The number of thioether (sulfide) groups is 1. The fourth-order valence-electron chi connectivity index (χ4n) is 1.89. The summed E-state index contributed by atoms with van der Waals surface area (Å²) >= 11 is 1.45. The van der Waals surface area contributed by atoms with Crippen molar-refractivity contribution in [3.63, 3.8) is 0 Å². The number of aromatic nitrogens is 3. The van der Waals surface area contributed by atoms with Gasteiger partial charge in [-0.05, 0) is 25.3 Å². The number of carbonyl (C=O) groups is 1. The molecular weight excluding hydrogens is 284 g/mol. The van der Waals surface area contributed by atoms with Crippen LogP contribution >= 0.6 is 11.8 Å². The van der Waals surface area contributed by atoms with Gasteiger partial charge in [0.05, 0.1) is 5.56 Å². The predicted molar refractivity (Wildman–Crippen MR) is 83.3 cm³/mol. The normalized spacial score (nSPS) is 12.0. The maximum absolute atomic E-state index is 12.4. The number of likely N-dealkylation sites (N-methyl/N-ethyl adjacent to an activating group) is 1. The Morgan fingerprint density at radius 3 is 2.57 bits per heavy atom. The molecule has 2 aromatic heterocycles. The lowest BCUT2D eigenvalue weighted by atomic mass is 10.1. The molecule has 21 heavy (non-hydrogen) atoms. The summed E-state index contributed by atoms with van der Waals surface area (Å²) in [6.45, 7) is 2.00. The zero-order chi connectivity index (χ0) is 15.2. The van der Waals surface area contributed by atoms with Crippen LogP contribution in [-0.4, -0.2) is 45.1 Å². The van der Waals surface area contributed by atoms with Crippen LogP contribution in [0.15, 0.2) is 41.9 Å². The van der Waals surface area contributed by atoms with E-state index in [2.05, 4.69) is 15.0 Å². The predicted octanol–water partition coefficient (Wildman–Crippen LogP) is 2.30. The molecule has 6 heteroatoms. The summed E-state index contributed by atoms with van der Waals surface area (Å²) < 4.78 is 0. The van der Waals surface area contributed by atoms with Crippen molar-refractivity contribution < 1.29 is 4.79 Å². The Balaban J connectivity index is 2.03. The highest BCUT2D eigenvalue weighted by Crippen LogP contribution is 2.11. The van der Waals surface area contributed by atoms with Gasteiger partial charge in [-0.15, -0.1) is 0 Å². The standard InChI is InChI=1S/C15H18N4OS/c1-11(8-13-6-4-5-7-16-13)19(2)14(20)12-9-17-15(21-3)18-10-12/h4-7,9-11H,8H2,1-3H3/t11-/m0/s1. The molecule has 0 N–H and O–H groups in total. The van der Waals surface area contributed by atoms with Crippen molar-refractivity contribution in [3.8, 4) is 0 Å². The lowest BCUT2D eigenvalue weighted by Gasteiger charge is -2.24. The van der Waals surface area contributed by atoms with Crippen molar-refractivity contribution in [3.05, 3.63) is 48.0 Å². The van der Waals surface area contributed by atoms with E-state index in [1.165, 1.54) is 11.8 Å². The lowest BCUT2D eigenvalue weighted by molar-refractivity contribution is 0.0742. The minimum atomic E-state index is -0.0777. The van der Waals surface area contributed by atoms with Crippen LogP contribution < -0.4 is 0 Å². The Kier molecular flexibility index (Phi) is 5.27.